The van der Waals surface area contributed by atoms with Gasteiger partial charge in [0.25, 0.3) is 8.01 Å². The van der Waals surface area contributed by atoms with Crippen LogP contribution in [0.1, 0.15) is 0 Å². The van der Waals surface area contributed by atoms with E-state index in [-0.39, 0.29) is 0 Å². The van der Waals surface area contributed by atoms with Crippen LogP contribution in [0.2, 0.25) is 0 Å². The van der Waals surface area contributed by atoms with Crippen LogP contribution >= 0.6 is 8.01 Å². The maximum atomic E-state index is 6.59. The van der Waals surface area contributed by atoms with E-state index >= 15 is 0 Å². The Morgan fingerprint density at radius 3 is 1.68 bits per heavy atom. The van der Waals surface area contributed by atoms with Crippen molar-refractivity contribution in [2.75, 3.05) is 7.11 Å². The molecule has 0 bridgehead atoms. The summed E-state index contributed by atoms with van der Waals surface area (Å²) in [6, 6.07) is 33.1. The van der Waals surface area contributed by atoms with E-state index in [1.54, 1.807) is 7.11 Å². The molecule has 0 saturated carbocycles. The molecule has 0 spiro atoms. The number of rotatable bonds is 2. The first-order valence-corrected chi connectivity index (χ1v) is 11.3. The van der Waals surface area contributed by atoms with Crippen molar-refractivity contribution in [3.63, 3.8) is 0 Å². The van der Waals surface area contributed by atoms with Crippen LogP contribution in [0.3, 0.4) is 0 Å². The lowest BCUT2D eigenvalue weighted by atomic mass is 9.99. The van der Waals surface area contributed by atoms with Crippen LogP contribution in [0.4, 0.5) is 0 Å². The van der Waals surface area contributed by atoms with Crippen LogP contribution in [-0.4, -0.2) is 7.11 Å². The highest BCUT2D eigenvalue weighted by Crippen LogP contribution is 2.48. The molecule has 0 aliphatic carbocycles. The van der Waals surface area contributed by atoms with E-state index in [2.05, 4.69) is 72.8 Å². The Kier molecular flexibility index (Phi) is 4.22. The molecule has 0 aliphatic rings. The predicted octanol–water partition coefficient (Wildman–Crippen LogP) is 8.59. The van der Waals surface area contributed by atoms with Crippen molar-refractivity contribution < 1.29 is 13.1 Å². The minimum Gasteiger partial charge on any atom is -0.496 e. The Morgan fingerprint density at radius 1 is 0.581 bits per heavy atom. The SMILES string of the molecule is COc1ccccc1-p1oc2ccc3ccccc3c2c2c(ccc3ccccc32)o1. The minimum atomic E-state index is -1.43. The second-order valence-corrected chi connectivity index (χ2v) is 8.79. The van der Waals surface area contributed by atoms with Gasteiger partial charge in [0.2, 0.25) is 0 Å². The van der Waals surface area contributed by atoms with Crippen LogP contribution in [0.5, 0.6) is 5.75 Å². The summed E-state index contributed by atoms with van der Waals surface area (Å²) in [7, 11) is 0.246. The van der Waals surface area contributed by atoms with E-state index in [1.165, 1.54) is 10.8 Å². The molecule has 1 aromatic heterocycles. The van der Waals surface area contributed by atoms with Gasteiger partial charge in [0, 0.05) is 10.8 Å². The topological polar surface area (TPSA) is 35.5 Å². The molecule has 0 N–H and O–H groups in total. The number of para-hydroxylation sites is 1. The first-order chi connectivity index (χ1) is 15.3. The molecule has 1 heterocycles. The molecule has 3 nitrogen and oxygen atoms in total. The lowest BCUT2D eigenvalue weighted by molar-refractivity contribution is 0.417. The van der Waals surface area contributed by atoms with E-state index in [4.69, 9.17) is 13.1 Å². The van der Waals surface area contributed by atoms with E-state index < -0.39 is 8.01 Å². The number of benzene rings is 5. The van der Waals surface area contributed by atoms with Crippen molar-refractivity contribution in [2.45, 2.75) is 0 Å². The fraction of sp³-hybridized carbons (Fsp3) is 0.0370. The molecule has 6 aromatic rings. The van der Waals surface area contributed by atoms with Gasteiger partial charge in [-0.3, -0.25) is 0 Å². The van der Waals surface area contributed by atoms with Crippen LogP contribution in [0.15, 0.2) is 105 Å². The molecule has 0 radical (unpaired) electrons. The van der Waals surface area contributed by atoms with Crippen molar-refractivity contribution in [3.8, 4) is 11.1 Å². The van der Waals surface area contributed by atoms with E-state index in [0.29, 0.717) is 0 Å². The van der Waals surface area contributed by atoms with Gasteiger partial charge in [-0.1, -0.05) is 72.8 Å². The summed E-state index contributed by atoms with van der Waals surface area (Å²) in [6.45, 7) is 0. The lowest BCUT2D eigenvalue weighted by Gasteiger charge is -2.05. The highest BCUT2D eigenvalue weighted by molar-refractivity contribution is 7.45. The number of methoxy groups -OCH3 is 1. The summed E-state index contributed by atoms with van der Waals surface area (Å²) in [6.07, 6.45) is 0. The Balaban J connectivity index is 1.90. The Labute approximate surface area is 180 Å². The van der Waals surface area contributed by atoms with E-state index in [9.17, 15) is 0 Å². The summed E-state index contributed by atoms with van der Waals surface area (Å²) in [5.41, 5.74) is 1.65. The normalized spacial score (nSPS) is 11.4. The average Bonchev–Trinajstić information content (AvgIpc) is 3.01. The Morgan fingerprint density at radius 2 is 1.10 bits per heavy atom. The fourth-order valence-electron chi connectivity index (χ4n) is 4.25. The summed E-state index contributed by atoms with van der Waals surface area (Å²) in [4.78, 5) is 0. The third kappa shape index (κ3) is 2.90. The molecule has 150 valence electrons. The smallest absolute Gasteiger partial charge is 0.256 e. The molecule has 0 fully saturated rings. The standard InChI is InChI=1S/C27H19O3P/c1-28-22-12-6-7-13-25(22)31-29-23-16-14-18-8-2-4-10-20(18)26(23)27-21-11-5-3-9-19(21)15-17-24(27)30-31/h2-17H,1H3. The molecule has 0 aliphatic heterocycles. The summed E-state index contributed by atoms with van der Waals surface area (Å²) in [5.74, 6) is 0.764. The molecular formula is C27H19O3P. The van der Waals surface area contributed by atoms with Gasteiger partial charge in [-0.2, -0.15) is 0 Å². The van der Waals surface area contributed by atoms with Gasteiger partial charge in [0.15, 0.2) is 0 Å². The van der Waals surface area contributed by atoms with Crippen molar-refractivity contribution >= 4 is 51.5 Å². The Bertz CT molecular complexity index is 1530. The maximum absolute atomic E-state index is 6.59. The van der Waals surface area contributed by atoms with Crippen molar-refractivity contribution in [2.24, 2.45) is 0 Å². The lowest BCUT2D eigenvalue weighted by Crippen LogP contribution is -1.82. The molecule has 31 heavy (non-hydrogen) atoms. The fourth-order valence-corrected chi connectivity index (χ4v) is 5.70. The number of ether oxygens (including phenoxy) is 1. The minimum absolute atomic E-state index is 0.764. The summed E-state index contributed by atoms with van der Waals surface area (Å²) in [5, 5.41) is 7.71. The van der Waals surface area contributed by atoms with Gasteiger partial charge in [-0.05, 0) is 45.8 Å². The first-order valence-electron chi connectivity index (χ1n) is 10.2. The average molecular weight is 422 g/mol. The summed E-state index contributed by atoms with van der Waals surface area (Å²) >= 11 is 0. The molecule has 0 amide bonds. The Hall–Kier alpha value is -3.68. The quantitative estimate of drug-likeness (QED) is 0.280. The van der Waals surface area contributed by atoms with Crippen LogP contribution < -0.4 is 4.74 Å². The highest BCUT2D eigenvalue weighted by atomic mass is 31.1. The zero-order valence-corrected chi connectivity index (χ0v) is 17.8. The third-order valence-corrected chi connectivity index (χ3v) is 7.16. The first kappa shape index (κ1) is 18.1. The van der Waals surface area contributed by atoms with Crippen LogP contribution in [-0.2, 0) is 0 Å². The van der Waals surface area contributed by atoms with Gasteiger partial charge >= 0.3 is 0 Å². The second-order valence-electron chi connectivity index (χ2n) is 7.43. The van der Waals surface area contributed by atoms with E-state index in [0.717, 1.165) is 43.8 Å². The number of fused-ring (bicyclic) bond motifs is 7. The van der Waals surface area contributed by atoms with Crippen LogP contribution in [0, 0.1) is 0 Å². The van der Waals surface area contributed by atoms with Crippen LogP contribution in [0.25, 0.3) is 48.8 Å². The maximum Gasteiger partial charge on any atom is 0.256 e. The third-order valence-electron chi connectivity index (χ3n) is 5.68. The van der Waals surface area contributed by atoms with Gasteiger partial charge < -0.3 is 13.1 Å². The molecule has 5 aromatic carbocycles. The molecular weight excluding hydrogens is 403 g/mol. The van der Waals surface area contributed by atoms with Crippen molar-refractivity contribution in [3.05, 3.63) is 97.1 Å². The van der Waals surface area contributed by atoms with E-state index in [1.807, 2.05) is 24.3 Å². The van der Waals surface area contributed by atoms with Gasteiger partial charge in [-0.15, -0.1) is 0 Å². The number of hydrogen-bond acceptors (Lipinski definition) is 3. The second kappa shape index (κ2) is 7.23. The molecule has 0 atom stereocenters. The van der Waals surface area contributed by atoms with Crippen molar-refractivity contribution in [1.82, 2.24) is 0 Å². The zero-order valence-electron chi connectivity index (χ0n) is 16.9. The van der Waals surface area contributed by atoms with Gasteiger partial charge in [-0.25, -0.2) is 0 Å². The molecule has 6 rings (SSSR count). The molecule has 0 saturated heterocycles. The predicted molar refractivity (Wildman–Crippen MR) is 129 cm³/mol. The largest absolute Gasteiger partial charge is 0.496 e. The highest BCUT2D eigenvalue weighted by Gasteiger charge is 2.15. The summed E-state index contributed by atoms with van der Waals surface area (Å²) < 4.78 is 18.8. The number of hydrogen-bond donors (Lipinski definition) is 0. The zero-order chi connectivity index (χ0) is 20.8. The van der Waals surface area contributed by atoms with Gasteiger partial charge in [0.1, 0.15) is 22.2 Å². The monoisotopic (exact) mass is 422 g/mol. The molecule has 4 heteroatoms. The van der Waals surface area contributed by atoms with Gasteiger partial charge in [0.05, 0.1) is 7.11 Å². The van der Waals surface area contributed by atoms with Crippen molar-refractivity contribution in [1.29, 1.82) is 0 Å². The molecule has 0 unspecified atom stereocenters.